The first-order valence-electron chi connectivity index (χ1n) is 7.08. The van der Waals surface area contributed by atoms with E-state index in [1.165, 1.54) is 0 Å². The molecule has 0 amide bonds. The predicted molar refractivity (Wildman–Crippen MR) is 73.7 cm³/mol. The zero-order valence-electron chi connectivity index (χ0n) is 11.3. The molecule has 104 valence electrons. The van der Waals surface area contributed by atoms with Gasteiger partial charge in [0.1, 0.15) is 5.82 Å². The summed E-state index contributed by atoms with van der Waals surface area (Å²) in [6.07, 6.45) is 3.67. The standard InChI is InChI=1S/C15H21FN2O/c1-17-9-10-4-11(16)6-14(5-10)18-12-2-3-13(18)8-15(19)7-12/h4-6,12-13,15,17,19H,2-3,7-9H2,1H3. The number of aliphatic hydroxyl groups is 1. The van der Waals surface area contributed by atoms with Crippen molar-refractivity contribution in [3.63, 3.8) is 0 Å². The normalized spacial score (nSPS) is 29.8. The maximum atomic E-state index is 13.8. The van der Waals surface area contributed by atoms with E-state index in [4.69, 9.17) is 0 Å². The molecule has 2 aliphatic rings. The third kappa shape index (κ3) is 2.47. The minimum atomic E-state index is -0.181. The molecule has 3 rings (SSSR count). The summed E-state index contributed by atoms with van der Waals surface area (Å²) in [5, 5.41) is 12.9. The number of nitrogens with one attached hydrogen (secondary N) is 1. The monoisotopic (exact) mass is 264 g/mol. The zero-order chi connectivity index (χ0) is 13.4. The Morgan fingerprint density at radius 1 is 1.26 bits per heavy atom. The number of piperidine rings is 1. The Kier molecular flexibility index (Phi) is 3.46. The van der Waals surface area contributed by atoms with Crippen LogP contribution in [0.15, 0.2) is 18.2 Å². The van der Waals surface area contributed by atoms with Crippen molar-refractivity contribution >= 4 is 5.69 Å². The fourth-order valence-corrected chi connectivity index (χ4v) is 3.66. The smallest absolute Gasteiger partial charge is 0.125 e. The first-order valence-corrected chi connectivity index (χ1v) is 7.08. The molecule has 0 aliphatic carbocycles. The Morgan fingerprint density at radius 2 is 1.95 bits per heavy atom. The van der Waals surface area contributed by atoms with Crippen molar-refractivity contribution in [1.29, 1.82) is 0 Å². The van der Waals surface area contributed by atoms with Crippen LogP contribution in [0.25, 0.3) is 0 Å². The van der Waals surface area contributed by atoms with Gasteiger partial charge in [0.2, 0.25) is 0 Å². The van der Waals surface area contributed by atoms with Crippen LogP contribution in [0.1, 0.15) is 31.2 Å². The second kappa shape index (κ2) is 5.10. The number of anilines is 1. The quantitative estimate of drug-likeness (QED) is 0.877. The summed E-state index contributed by atoms with van der Waals surface area (Å²) in [5.74, 6) is -0.173. The van der Waals surface area contributed by atoms with Gasteiger partial charge in [0.15, 0.2) is 0 Å². The van der Waals surface area contributed by atoms with Crippen molar-refractivity contribution < 1.29 is 9.50 Å². The highest BCUT2D eigenvalue weighted by Gasteiger charge is 2.40. The van der Waals surface area contributed by atoms with Gasteiger partial charge in [-0.25, -0.2) is 4.39 Å². The highest BCUT2D eigenvalue weighted by molar-refractivity contribution is 5.52. The van der Waals surface area contributed by atoms with Gasteiger partial charge in [0.05, 0.1) is 6.10 Å². The van der Waals surface area contributed by atoms with Crippen molar-refractivity contribution in [2.45, 2.75) is 50.4 Å². The minimum absolute atomic E-state index is 0.173. The highest BCUT2D eigenvalue weighted by atomic mass is 19.1. The van der Waals surface area contributed by atoms with Gasteiger partial charge in [-0.3, -0.25) is 0 Å². The number of benzene rings is 1. The molecular formula is C15H21FN2O. The summed E-state index contributed by atoms with van der Waals surface area (Å²) in [7, 11) is 1.87. The van der Waals surface area contributed by atoms with E-state index in [0.717, 1.165) is 36.9 Å². The largest absolute Gasteiger partial charge is 0.393 e. The van der Waals surface area contributed by atoms with Gasteiger partial charge in [-0.15, -0.1) is 0 Å². The lowest BCUT2D eigenvalue weighted by molar-refractivity contribution is 0.126. The van der Waals surface area contributed by atoms with Gasteiger partial charge in [-0.2, -0.15) is 0 Å². The van der Waals surface area contributed by atoms with Crippen LogP contribution >= 0.6 is 0 Å². The van der Waals surface area contributed by atoms with Gasteiger partial charge < -0.3 is 15.3 Å². The Hall–Kier alpha value is -1.13. The number of halogens is 1. The maximum absolute atomic E-state index is 13.8. The topological polar surface area (TPSA) is 35.5 Å². The molecule has 1 aromatic rings. The van der Waals surface area contributed by atoms with Crippen LogP contribution in [0, 0.1) is 5.82 Å². The van der Waals surface area contributed by atoms with Crippen LogP contribution < -0.4 is 10.2 Å². The zero-order valence-corrected chi connectivity index (χ0v) is 11.3. The van der Waals surface area contributed by atoms with E-state index in [1.807, 2.05) is 7.05 Å². The molecule has 2 fully saturated rings. The van der Waals surface area contributed by atoms with Gasteiger partial charge in [0, 0.05) is 24.3 Å². The molecule has 2 heterocycles. The van der Waals surface area contributed by atoms with Gasteiger partial charge in [-0.05, 0) is 56.5 Å². The third-order valence-corrected chi connectivity index (χ3v) is 4.33. The number of nitrogens with zero attached hydrogens (tertiary/aromatic N) is 1. The van der Waals surface area contributed by atoms with Crippen LogP contribution in [0.2, 0.25) is 0 Å². The van der Waals surface area contributed by atoms with E-state index >= 15 is 0 Å². The molecule has 2 saturated heterocycles. The number of fused-ring (bicyclic) bond motifs is 2. The lowest BCUT2D eigenvalue weighted by Gasteiger charge is -2.39. The molecule has 0 saturated carbocycles. The molecule has 2 bridgehead atoms. The Balaban J connectivity index is 1.90. The Morgan fingerprint density at radius 3 is 2.58 bits per heavy atom. The van der Waals surface area contributed by atoms with Crippen molar-refractivity contribution in [2.24, 2.45) is 0 Å². The van der Waals surface area contributed by atoms with Crippen molar-refractivity contribution in [3.8, 4) is 0 Å². The van der Waals surface area contributed by atoms with Crippen molar-refractivity contribution in [3.05, 3.63) is 29.6 Å². The van der Waals surface area contributed by atoms with E-state index < -0.39 is 0 Å². The maximum Gasteiger partial charge on any atom is 0.125 e. The molecule has 2 unspecified atom stereocenters. The Labute approximate surface area is 113 Å². The molecule has 2 atom stereocenters. The summed E-state index contributed by atoms with van der Waals surface area (Å²) in [6.45, 7) is 0.677. The van der Waals surface area contributed by atoms with Crippen molar-refractivity contribution in [2.75, 3.05) is 11.9 Å². The predicted octanol–water partition coefficient (Wildman–Crippen LogP) is 2.04. The molecular weight excluding hydrogens is 243 g/mol. The minimum Gasteiger partial charge on any atom is -0.393 e. The summed E-state index contributed by atoms with van der Waals surface area (Å²) in [6, 6.07) is 6.03. The van der Waals surface area contributed by atoms with Gasteiger partial charge in [-0.1, -0.05) is 0 Å². The second-order valence-electron chi connectivity index (χ2n) is 5.77. The average Bonchev–Trinajstić information content (AvgIpc) is 2.61. The first kappa shape index (κ1) is 12.9. The van der Waals surface area contributed by atoms with Crippen LogP contribution in [0.4, 0.5) is 10.1 Å². The van der Waals surface area contributed by atoms with Crippen LogP contribution in [0.5, 0.6) is 0 Å². The van der Waals surface area contributed by atoms with E-state index in [1.54, 1.807) is 12.1 Å². The Bertz CT molecular complexity index is 451. The van der Waals surface area contributed by atoms with E-state index in [2.05, 4.69) is 16.3 Å². The van der Waals surface area contributed by atoms with Crippen LogP contribution in [0.3, 0.4) is 0 Å². The number of aliphatic hydroxyl groups excluding tert-OH is 1. The molecule has 0 spiro atoms. The fraction of sp³-hybridized carbons (Fsp3) is 0.600. The molecule has 0 aromatic heterocycles. The molecule has 2 aliphatic heterocycles. The first-order chi connectivity index (χ1) is 9.17. The summed E-state index contributed by atoms with van der Waals surface area (Å²) >= 11 is 0. The molecule has 2 N–H and O–H groups in total. The number of hydrogen-bond acceptors (Lipinski definition) is 3. The number of hydrogen-bond donors (Lipinski definition) is 2. The van der Waals surface area contributed by atoms with E-state index in [-0.39, 0.29) is 11.9 Å². The fourth-order valence-electron chi connectivity index (χ4n) is 3.66. The lowest BCUT2D eigenvalue weighted by Crippen LogP contribution is -2.44. The van der Waals surface area contributed by atoms with Gasteiger partial charge >= 0.3 is 0 Å². The second-order valence-corrected chi connectivity index (χ2v) is 5.77. The van der Waals surface area contributed by atoms with E-state index in [0.29, 0.717) is 18.6 Å². The number of rotatable bonds is 3. The molecule has 0 radical (unpaired) electrons. The third-order valence-electron chi connectivity index (χ3n) is 4.33. The summed E-state index contributed by atoms with van der Waals surface area (Å²) < 4.78 is 13.8. The molecule has 19 heavy (non-hydrogen) atoms. The average molecular weight is 264 g/mol. The van der Waals surface area contributed by atoms with Crippen LogP contribution in [-0.4, -0.2) is 30.3 Å². The lowest BCUT2D eigenvalue weighted by atomic mass is 9.98. The molecule has 3 nitrogen and oxygen atoms in total. The van der Waals surface area contributed by atoms with Crippen molar-refractivity contribution in [1.82, 2.24) is 5.32 Å². The highest BCUT2D eigenvalue weighted by Crippen LogP contribution is 2.39. The van der Waals surface area contributed by atoms with E-state index in [9.17, 15) is 9.50 Å². The summed E-state index contributed by atoms with van der Waals surface area (Å²) in [5.41, 5.74) is 1.95. The van der Waals surface area contributed by atoms with Crippen LogP contribution in [-0.2, 0) is 6.54 Å². The molecule has 1 aromatic carbocycles. The van der Waals surface area contributed by atoms with Gasteiger partial charge in [0.25, 0.3) is 0 Å². The molecule has 4 heteroatoms. The SMILES string of the molecule is CNCc1cc(F)cc(N2C3CCC2CC(O)C3)c1. The summed E-state index contributed by atoms with van der Waals surface area (Å²) in [4.78, 5) is 2.33.